The van der Waals surface area contributed by atoms with Crippen molar-refractivity contribution < 1.29 is 45.3 Å². The summed E-state index contributed by atoms with van der Waals surface area (Å²) in [6.45, 7) is -0.711. The van der Waals surface area contributed by atoms with E-state index in [9.17, 15) is 30.3 Å². The largest absolute Gasteiger partial charge is 0.394 e. The quantitative estimate of drug-likeness (QED) is 0.231. The molecule has 0 aromatic rings. The van der Waals surface area contributed by atoms with Crippen LogP contribution >= 0.6 is 0 Å². The Balaban J connectivity index is 3.13. The van der Waals surface area contributed by atoms with Gasteiger partial charge in [-0.3, -0.25) is 4.79 Å². The van der Waals surface area contributed by atoms with Gasteiger partial charge in [-0.05, 0) is 0 Å². The molecule has 0 bridgehead atoms. The lowest BCUT2D eigenvalue weighted by molar-refractivity contribution is -0.292. The number of hydrogen-bond donors (Lipinski definition) is 8. The first-order chi connectivity index (χ1) is 9.68. The van der Waals surface area contributed by atoms with Gasteiger partial charge in [0.2, 0.25) is 5.91 Å². The van der Waals surface area contributed by atoms with Crippen LogP contribution in [0.25, 0.3) is 0 Å². The summed E-state index contributed by atoms with van der Waals surface area (Å²) >= 11 is 0. The van der Waals surface area contributed by atoms with Crippen molar-refractivity contribution in [3.63, 3.8) is 0 Å². The fourth-order valence-corrected chi connectivity index (χ4v) is 2.23. The van der Waals surface area contributed by atoms with Gasteiger partial charge in [0, 0.05) is 6.92 Å². The number of carbonyl (C=O) groups excluding carboxylic acids is 1. The number of aliphatic hydroxyl groups excluding tert-OH is 6. The zero-order valence-electron chi connectivity index (χ0n) is 11.3. The van der Waals surface area contributed by atoms with Crippen molar-refractivity contribution in [1.82, 2.24) is 5.32 Å². The predicted octanol–water partition coefficient (Wildman–Crippen LogP) is -4.99. The molecule has 1 amide bonds. The Morgan fingerprint density at radius 2 is 1.81 bits per heavy atom. The number of hydrogen-bond acceptors (Lipinski definition) is 9. The van der Waals surface area contributed by atoms with Crippen molar-refractivity contribution in [2.24, 2.45) is 0 Å². The summed E-state index contributed by atoms with van der Waals surface area (Å²) in [5.74, 6) is -0.804. The van der Waals surface area contributed by atoms with Crippen molar-refractivity contribution >= 4 is 5.91 Å². The van der Waals surface area contributed by atoms with Crippen LogP contribution in [0.15, 0.2) is 0 Å². The van der Waals surface area contributed by atoms with Crippen LogP contribution in [0, 0.1) is 0 Å². The van der Waals surface area contributed by atoms with Crippen LogP contribution < -0.4 is 5.32 Å². The first kappa shape index (κ1) is 18.2. The summed E-state index contributed by atoms with van der Waals surface area (Å²) in [6, 6.07) is 0. The lowest BCUT2D eigenvalue weighted by Gasteiger charge is -2.47. The van der Waals surface area contributed by atoms with Gasteiger partial charge in [-0.2, -0.15) is 0 Å². The maximum absolute atomic E-state index is 11.2. The fraction of sp³-hybridized carbons (Fsp3) is 0.909. The molecule has 0 saturated carbocycles. The fourth-order valence-electron chi connectivity index (χ4n) is 2.23. The lowest BCUT2D eigenvalue weighted by Crippen LogP contribution is -2.73. The normalized spacial score (nSPS) is 37.6. The molecule has 0 aromatic carbocycles. The molecule has 0 aromatic heterocycles. The summed E-state index contributed by atoms with van der Waals surface area (Å²) in [7, 11) is 0. The van der Waals surface area contributed by atoms with E-state index in [0.29, 0.717) is 0 Å². The van der Waals surface area contributed by atoms with Gasteiger partial charge >= 0.3 is 0 Å². The molecule has 8 N–H and O–H groups in total. The highest BCUT2D eigenvalue weighted by atomic mass is 16.6. The van der Waals surface area contributed by atoms with E-state index in [-0.39, 0.29) is 0 Å². The van der Waals surface area contributed by atoms with Crippen molar-refractivity contribution in [3.8, 4) is 0 Å². The van der Waals surface area contributed by atoms with Gasteiger partial charge in [-0.25, -0.2) is 0 Å². The molecule has 21 heavy (non-hydrogen) atoms. The zero-order valence-corrected chi connectivity index (χ0v) is 11.3. The van der Waals surface area contributed by atoms with Crippen LogP contribution in [-0.4, -0.2) is 97.2 Å². The smallest absolute Gasteiger partial charge is 0.219 e. The van der Waals surface area contributed by atoms with E-state index in [1.54, 1.807) is 0 Å². The highest BCUT2D eigenvalue weighted by Gasteiger charge is 2.55. The van der Waals surface area contributed by atoms with E-state index < -0.39 is 61.5 Å². The molecule has 10 nitrogen and oxygen atoms in total. The molecule has 7 atom stereocenters. The van der Waals surface area contributed by atoms with Crippen LogP contribution in [0.5, 0.6) is 0 Å². The summed E-state index contributed by atoms with van der Waals surface area (Å²) < 4.78 is 5.07. The van der Waals surface area contributed by atoms with Gasteiger partial charge in [-0.15, -0.1) is 0 Å². The molecular formula is C11H21NO9. The number of carbonyl (C=O) groups is 1. The molecule has 10 heteroatoms. The molecule has 1 aliphatic heterocycles. The van der Waals surface area contributed by atoms with Gasteiger partial charge in [0.25, 0.3) is 0 Å². The molecule has 1 saturated heterocycles. The number of nitrogens with one attached hydrogen (secondary N) is 1. The average molecular weight is 311 g/mol. The first-order valence-corrected chi connectivity index (χ1v) is 6.29. The predicted molar refractivity (Wildman–Crippen MR) is 65.6 cm³/mol. The van der Waals surface area contributed by atoms with Gasteiger partial charge in [-0.1, -0.05) is 0 Å². The van der Waals surface area contributed by atoms with E-state index >= 15 is 0 Å². The van der Waals surface area contributed by atoms with E-state index in [4.69, 9.17) is 14.9 Å². The van der Waals surface area contributed by atoms with Crippen molar-refractivity contribution in [1.29, 1.82) is 0 Å². The molecule has 1 aliphatic rings. The van der Waals surface area contributed by atoms with Crippen LogP contribution in [0.3, 0.4) is 0 Å². The van der Waals surface area contributed by atoms with E-state index in [2.05, 4.69) is 0 Å². The van der Waals surface area contributed by atoms with E-state index in [1.807, 2.05) is 5.32 Å². The Kier molecular flexibility index (Phi) is 6.01. The molecule has 1 heterocycles. The Hall–Kier alpha value is -0.850. The Bertz CT molecular complexity index is 366. The molecule has 124 valence electrons. The first-order valence-electron chi connectivity index (χ1n) is 6.29. The van der Waals surface area contributed by atoms with Crippen LogP contribution in [0.4, 0.5) is 0 Å². The highest BCUT2D eigenvalue weighted by molar-refractivity contribution is 5.73. The molecular weight excluding hydrogens is 290 g/mol. The third-order valence-electron chi connectivity index (χ3n) is 3.38. The lowest BCUT2D eigenvalue weighted by atomic mass is 9.86. The van der Waals surface area contributed by atoms with Gasteiger partial charge in [0.1, 0.15) is 36.6 Å². The number of rotatable bonds is 5. The van der Waals surface area contributed by atoms with Crippen LogP contribution in [0.1, 0.15) is 6.92 Å². The van der Waals surface area contributed by atoms with Crippen molar-refractivity contribution in [2.45, 2.75) is 49.3 Å². The van der Waals surface area contributed by atoms with Gasteiger partial charge in [0.05, 0.1) is 13.2 Å². The van der Waals surface area contributed by atoms with Crippen LogP contribution in [0.2, 0.25) is 0 Å². The third kappa shape index (κ3) is 3.49. The second-order valence-electron chi connectivity index (χ2n) is 4.95. The second kappa shape index (κ2) is 6.94. The number of amides is 1. The monoisotopic (exact) mass is 311 g/mol. The summed E-state index contributed by atoms with van der Waals surface area (Å²) in [6.07, 6.45) is -10.4. The van der Waals surface area contributed by atoms with Crippen molar-refractivity contribution in [2.75, 3.05) is 13.2 Å². The van der Waals surface area contributed by atoms with Crippen molar-refractivity contribution in [3.05, 3.63) is 0 Å². The molecule has 3 unspecified atom stereocenters. The summed E-state index contributed by atoms with van der Waals surface area (Å²) in [5.41, 5.74) is -2.63. The molecule has 0 spiro atoms. The Morgan fingerprint density at radius 1 is 1.24 bits per heavy atom. The van der Waals surface area contributed by atoms with E-state index in [1.165, 1.54) is 0 Å². The van der Waals surface area contributed by atoms with Gasteiger partial charge in [0.15, 0.2) is 5.72 Å². The van der Waals surface area contributed by atoms with Gasteiger partial charge < -0.3 is 45.8 Å². The van der Waals surface area contributed by atoms with Crippen LogP contribution in [-0.2, 0) is 9.53 Å². The Labute approximate surface area is 120 Å². The highest BCUT2D eigenvalue weighted by Crippen LogP contribution is 2.29. The second-order valence-corrected chi connectivity index (χ2v) is 4.95. The maximum Gasteiger partial charge on any atom is 0.219 e. The number of ether oxygens (including phenoxy) is 1. The SMILES string of the molecule is CC(=O)NC(O)(C(O)CO)C1O[C@H](CO)[C@@H](O)[C@H](O)[C@H]1O. The minimum atomic E-state index is -2.63. The topological polar surface area (TPSA) is 180 Å². The zero-order chi connectivity index (χ0) is 16.4. The molecule has 0 aliphatic carbocycles. The standard InChI is InChI=1S/C11H21NO9/c1-4(15)12-11(20,6(16)3-14)10-9(19)8(18)7(17)5(2-13)21-10/h5-10,13-14,16-20H,2-3H2,1H3,(H,12,15)/t5-,6?,7-,8+,9-,10?,11?/m1/s1. The minimum absolute atomic E-state index is 0.743. The molecule has 1 rings (SSSR count). The number of aliphatic hydroxyl groups is 7. The summed E-state index contributed by atoms with van der Waals surface area (Å²) in [4.78, 5) is 11.2. The summed E-state index contributed by atoms with van der Waals surface area (Å²) in [5, 5.41) is 69.2. The minimum Gasteiger partial charge on any atom is -0.394 e. The molecule has 0 radical (unpaired) electrons. The van der Waals surface area contributed by atoms with E-state index in [0.717, 1.165) is 6.92 Å². The molecule has 1 fully saturated rings. The maximum atomic E-state index is 11.2. The Morgan fingerprint density at radius 3 is 2.24 bits per heavy atom. The average Bonchev–Trinajstić information content (AvgIpc) is 2.43. The third-order valence-corrected chi connectivity index (χ3v) is 3.38.